The summed E-state index contributed by atoms with van der Waals surface area (Å²) in [6.07, 6.45) is -3.45. The number of carbonyl (C=O) groups excluding carboxylic acids is 4. The smallest absolute Gasteiger partial charge is 0.357 e. The summed E-state index contributed by atoms with van der Waals surface area (Å²) in [5, 5.41) is 0. The third-order valence-corrected chi connectivity index (χ3v) is 12.5. The Morgan fingerprint density at radius 1 is 0.366 bits per heavy atom. The van der Waals surface area contributed by atoms with Gasteiger partial charge in [0.1, 0.15) is 0 Å². The maximum absolute atomic E-state index is 15.5. The molecule has 9 nitrogen and oxygen atoms in total. The molecule has 8 aromatic rings. The van der Waals surface area contributed by atoms with Crippen LogP contribution in [0.15, 0.2) is 231 Å². The van der Waals surface area contributed by atoms with Crippen molar-refractivity contribution in [3.8, 4) is 0 Å². The van der Waals surface area contributed by atoms with Crippen LogP contribution < -0.4 is 0 Å². The highest BCUT2D eigenvalue weighted by atomic mass is 16.6. The molecule has 9 heteroatoms. The maximum atomic E-state index is 15.5. The zero-order valence-corrected chi connectivity index (χ0v) is 39.8. The molecule has 71 heavy (non-hydrogen) atoms. The minimum atomic E-state index is -1.73. The van der Waals surface area contributed by atoms with E-state index in [0.29, 0.717) is 37.3 Å². The SMILES string of the molecule is Cc1ccccc1CN(Cc1ccccc1)[C@@H](c1ccccc1)[C@H](OC(=O)c1ccccc1)C(=O)OC(=O)[C@@H](OC(=O)c1ccccc1)[C@H](c1ccccc1)N(Cc1ccccc1)Cc1ccccc1C. The summed E-state index contributed by atoms with van der Waals surface area (Å²) in [5.41, 5.74) is 7.54. The van der Waals surface area contributed by atoms with Gasteiger partial charge in [-0.2, -0.15) is 0 Å². The molecule has 0 heterocycles. The number of rotatable bonds is 20. The molecule has 0 aliphatic rings. The van der Waals surface area contributed by atoms with Crippen LogP contribution >= 0.6 is 0 Å². The fourth-order valence-electron chi connectivity index (χ4n) is 8.82. The van der Waals surface area contributed by atoms with Gasteiger partial charge in [0.2, 0.25) is 12.2 Å². The van der Waals surface area contributed by atoms with Gasteiger partial charge in [-0.05, 0) is 82.6 Å². The molecule has 0 radical (unpaired) electrons. The van der Waals surface area contributed by atoms with E-state index in [1.165, 1.54) is 0 Å². The Labute approximate surface area is 415 Å². The third kappa shape index (κ3) is 13.1. The topological polar surface area (TPSA) is 102 Å². The number of hydrogen-bond acceptors (Lipinski definition) is 9. The lowest BCUT2D eigenvalue weighted by molar-refractivity contribution is -0.177. The second-order valence-corrected chi connectivity index (χ2v) is 17.5. The van der Waals surface area contributed by atoms with E-state index in [-0.39, 0.29) is 11.1 Å². The fraction of sp³-hybridized carbons (Fsp3) is 0.161. The van der Waals surface area contributed by atoms with Crippen LogP contribution in [-0.2, 0) is 50.0 Å². The lowest BCUT2D eigenvalue weighted by Crippen LogP contribution is -2.47. The average Bonchev–Trinajstić information content (AvgIpc) is 3.41. The van der Waals surface area contributed by atoms with E-state index < -0.39 is 48.2 Å². The van der Waals surface area contributed by atoms with Crippen molar-refractivity contribution in [2.45, 2.75) is 64.3 Å². The van der Waals surface area contributed by atoms with Crippen molar-refractivity contribution in [3.63, 3.8) is 0 Å². The number of ether oxygens (including phenoxy) is 3. The Balaban J connectivity index is 1.26. The van der Waals surface area contributed by atoms with Gasteiger partial charge in [-0.1, -0.05) is 206 Å². The normalized spacial score (nSPS) is 12.8. The average molecular weight is 941 g/mol. The van der Waals surface area contributed by atoms with Gasteiger partial charge in [0, 0.05) is 26.2 Å². The Hall–Kier alpha value is -8.24. The summed E-state index contributed by atoms with van der Waals surface area (Å²) in [6.45, 7) is 5.32. The first-order valence-electron chi connectivity index (χ1n) is 23.7. The lowest BCUT2D eigenvalue weighted by atomic mass is 9.96. The highest BCUT2D eigenvalue weighted by Gasteiger charge is 2.44. The minimum Gasteiger partial charge on any atom is -0.445 e. The largest absolute Gasteiger partial charge is 0.445 e. The van der Waals surface area contributed by atoms with Crippen molar-refractivity contribution >= 4 is 23.9 Å². The summed E-state index contributed by atoms with van der Waals surface area (Å²) in [5.74, 6) is -3.87. The second kappa shape index (κ2) is 24.4. The van der Waals surface area contributed by atoms with Crippen LogP contribution in [0.5, 0.6) is 0 Å². The maximum Gasteiger partial charge on any atom is 0.357 e. The number of hydrogen-bond donors (Lipinski definition) is 0. The number of carbonyl (C=O) groups is 4. The summed E-state index contributed by atoms with van der Waals surface area (Å²) in [6, 6.07) is 68.9. The van der Waals surface area contributed by atoms with E-state index in [2.05, 4.69) is 9.80 Å². The van der Waals surface area contributed by atoms with Crippen molar-refractivity contribution in [3.05, 3.63) is 286 Å². The first-order valence-corrected chi connectivity index (χ1v) is 23.7. The van der Waals surface area contributed by atoms with Crippen molar-refractivity contribution in [1.29, 1.82) is 0 Å². The number of esters is 4. The molecule has 0 N–H and O–H groups in total. The number of benzene rings is 8. The van der Waals surface area contributed by atoms with E-state index in [0.717, 1.165) is 33.4 Å². The zero-order chi connectivity index (χ0) is 49.4. The van der Waals surface area contributed by atoms with Gasteiger partial charge >= 0.3 is 23.9 Å². The van der Waals surface area contributed by atoms with Crippen molar-refractivity contribution in [2.75, 3.05) is 0 Å². The van der Waals surface area contributed by atoms with E-state index in [1.54, 1.807) is 60.7 Å². The monoisotopic (exact) mass is 940 g/mol. The van der Waals surface area contributed by atoms with Gasteiger partial charge < -0.3 is 14.2 Å². The molecule has 8 rings (SSSR count). The second-order valence-electron chi connectivity index (χ2n) is 17.5. The van der Waals surface area contributed by atoms with Gasteiger partial charge in [-0.15, -0.1) is 0 Å². The molecule has 0 spiro atoms. The van der Waals surface area contributed by atoms with Gasteiger partial charge in [0.25, 0.3) is 0 Å². The molecule has 0 fully saturated rings. The molecule has 0 bridgehead atoms. The van der Waals surface area contributed by atoms with Crippen molar-refractivity contribution < 1.29 is 33.4 Å². The van der Waals surface area contributed by atoms with Crippen LogP contribution in [0.1, 0.15) is 77.3 Å². The Kier molecular flexibility index (Phi) is 16.9. The molecule has 0 saturated heterocycles. The predicted octanol–water partition coefficient (Wildman–Crippen LogP) is 12.0. The molecule has 0 aliphatic heterocycles. The van der Waals surface area contributed by atoms with Gasteiger partial charge in [-0.3, -0.25) is 9.80 Å². The lowest BCUT2D eigenvalue weighted by Gasteiger charge is -2.37. The van der Waals surface area contributed by atoms with E-state index in [9.17, 15) is 9.59 Å². The molecule has 8 aromatic carbocycles. The van der Waals surface area contributed by atoms with Gasteiger partial charge in [0.15, 0.2) is 0 Å². The predicted molar refractivity (Wildman–Crippen MR) is 274 cm³/mol. The molecule has 4 atom stereocenters. The molecule has 0 saturated carbocycles. The van der Waals surface area contributed by atoms with Crippen LogP contribution in [0.4, 0.5) is 0 Å². The molecule has 0 amide bonds. The van der Waals surface area contributed by atoms with Crippen LogP contribution in [0.25, 0.3) is 0 Å². The first kappa shape index (κ1) is 49.2. The molecule has 356 valence electrons. The van der Waals surface area contributed by atoms with Crippen molar-refractivity contribution in [2.24, 2.45) is 0 Å². The molecule has 0 unspecified atom stereocenters. The minimum absolute atomic E-state index is 0.198. The Bertz CT molecular complexity index is 2770. The number of aryl methyl sites for hydroxylation is 2. The van der Waals surface area contributed by atoms with Gasteiger partial charge in [-0.25, -0.2) is 19.2 Å². The summed E-state index contributed by atoms with van der Waals surface area (Å²) in [7, 11) is 0. The fourth-order valence-corrected chi connectivity index (χ4v) is 8.82. The van der Waals surface area contributed by atoms with Crippen molar-refractivity contribution in [1.82, 2.24) is 9.80 Å². The standard InChI is InChI=1S/C62H56N2O7/c1-45-25-21-23-39-53(45)43-63(41-47-27-9-3-10-28-47)55(49-31-13-5-14-32-49)57(69-59(65)51-35-17-7-18-36-51)61(67)71-62(68)58(70-60(66)52-37-19-8-20-38-52)56(50-33-15-6-16-34-50)64(42-48-29-11-4-12-30-48)44-54-40-24-22-26-46(54)2/h3-40,55-58H,41-44H2,1-2H3/t55-,56-,57-,58-/m0/s1. The first-order chi connectivity index (χ1) is 34.7. The van der Waals surface area contributed by atoms with E-state index in [1.807, 2.05) is 184 Å². The molecule has 0 aliphatic carbocycles. The summed E-state index contributed by atoms with van der Waals surface area (Å²) >= 11 is 0. The third-order valence-electron chi connectivity index (χ3n) is 12.5. The highest BCUT2D eigenvalue weighted by Crippen LogP contribution is 2.35. The molecular formula is C62H56N2O7. The molecular weight excluding hydrogens is 885 g/mol. The molecule has 0 aromatic heterocycles. The Morgan fingerprint density at radius 3 is 1.00 bits per heavy atom. The Morgan fingerprint density at radius 2 is 0.662 bits per heavy atom. The highest BCUT2D eigenvalue weighted by molar-refractivity contribution is 5.96. The summed E-state index contributed by atoms with van der Waals surface area (Å²) < 4.78 is 18.9. The van der Waals surface area contributed by atoms with Crippen LogP contribution in [-0.4, -0.2) is 45.9 Å². The van der Waals surface area contributed by atoms with Crippen LogP contribution in [0.2, 0.25) is 0 Å². The zero-order valence-electron chi connectivity index (χ0n) is 39.8. The quantitative estimate of drug-likeness (QED) is 0.0420. The summed E-state index contributed by atoms with van der Waals surface area (Å²) in [4.78, 5) is 63.9. The van der Waals surface area contributed by atoms with Crippen LogP contribution in [0, 0.1) is 13.8 Å². The van der Waals surface area contributed by atoms with E-state index >= 15 is 9.59 Å². The van der Waals surface area contributed by atoms with Gasteiger partial charge in [0.05, 0.1) is 23.2 Å². The number of nitrogens with zero attached hydrogens (tertiary/aromatic N) is 2. The van der Waals surface area contributed by atoms with E-state index in [4.69, 9.17) is 14.2 Å². The van der Waals surface area contributed by atoms with Crippen LogP contribution in [0.3, 0.4) is 0 Å².